The van der Waals surface area contributed by atoms with Gasteiger partial charge in [-0.2, -0.15) is 13.9 Å². The van der Waals surface area contributed by atoms with Crippen LogP contribution in [0.3, 0.4) is 0 Å². The minimum absolute atomic E-state index is 0.0386. The lowest BCUT2D eigenvalue weighted by molar-refractivity contribution is -0.123. The summed E-state index contributed by atoms with van der Waals surface area (Å²) < 4.78 is 131. The van der Waals surface area contributed by atoms with Crippen LogP contribution in [0.4, 0.5) is 45.2 Å². The Morgan fingerprint density at radius 1 is 0.825 bits per heavy atom. The van der Waals surface area contributed by atoms with Gasteiger partial charge in [0.15, 0.2) is 0 Å². The predicted molar refractivity (Wildman–Crippen MR) is 181 cm³/mol. The van der Waals surface area contributed by atoms with Gasteiger partial charge in [0.05, 0.1) is 45.9 Å². The number of nitrogens with zero attached hydrogens (tertiary/aromatic N) is 4. The van der Waals surface area contributed by atoms with Gasteiger partial charge in [0.25, 0.3) is 36.0 Å². The number of pyridine rings is 1. The molecule has 10 nitrogen and oxygen atoms in total. The van der Waals surface area contributed by atoms with Crippen LogP contribution in [-0.2, 0) is 29.6 Å². The first-order valence-electron chi connectivity index (χ1n) is 16.8. The normalized spacial score (nSPS) is 16.1. The van der Waals surface area contributed by atoms with Gasteiger partial charge in [-0.3, -0.25) is 28.8 Å². The van der Waals surface area contributed by atoms with Gasteiger partial charge in [-0.15, -0.1) is 0 Å². The van der Waals surface area contributed by atoms with Crippen LogP contribution >= 0.6 is 0 Å². The number of imide groups is 1. The fourth-order valence-corrected chi connectivity index (χ4v) is 6.99. The average Bonchev–Trinajstić information content (AvgIpc) is 3.66. The van der Waals surface area contributed by atoms with Crippen LogP contribution in [0, 0.1) is 17.5 Å². The Kier molecular flexibility index (Phi) is 9.65. The summed E-state index contributed by atoms with van der Waals surface area (Å²) in [5.41, 5.74) is -0.849. The molecule has 0 saturated carbocycles. The van der Waals surface area contributed by atoms with Gasteiger partial charge in [-0.05, 0) is 60.0 Å². The number of nitrogens with one attached hydrogen (secondary N) is 1. The smallest absolute Gasteiger partial charge is 0.290 e. The van der Waals surface area contributed by atoms with Gasteiger partial charge in [0, 0.05) is 24.5 Å². The van der Waals surface area contributed by atoms with Crippen LogP contribution in [-0.4, -0.2) is 38.4 Å². The van der Waals surface area contributed by atoms with Crippen LogP contribution in [0.25, 0.3) is 11.1 Å². The van der Waals surface area contributed by atoms with Crippen LogP contribution in [0.1, 0.15) is 84.6 Å². The maximum absolute atomic E-state index is 15.1. The van der Waals surface area contributed by atoms with E-state index in [1.807, 2.05) is 0 Å². The number of aromatic nitrogens is 3. The van der Waals surface area contributed by atoms with Crippen molar-refractivity contribution in [1.82, 2.24) is 20.1 Å². The number of hydrogen-bond acceptors (Lipinski definition) is 6. The number of anilines is 1. The molecule has 2 aromatic heterocycles. The zero-order chi connectivity index (χ0) is 41.1. The fraction of sp³-hybridized carbons (Fsp3) is 0.211. The van der Waals surface area contributed by atoms with Crippen molar-refractivity contribution in [3.8, 4) is 11.1 Å². The van der Waals surface area contributed by atoms with E-state index in [1.165, 1.54) is 30.3 Å². The summed E-state index contributed by atoms with van der Waals surface area (Å²) in [7, 11) is 0. The lowest BCUT2D eigenvalue weighted by Crippen LogP contribution is -2.37. The molecule has 7 rings (SSSR count). The topological polar surface area (TPSA) is 140 Å². The van der Waals surface area contributed by atoms with Crippen molar-refractivity contribution in [3.63, 3.8) is 0 Å². The van der Waals surface area contributed by atoms with Crippen molar-refractivity contribution in [3.05, 3.63) is 135 Å². The first-order chi connectivity index (χ1) is 26.9. The zero-order valence-corrected chi connectivity index (χ0v) is 28.8. The van der Waals surface area contributed by atoms with Crippen LogP contribution in [0.5, 0.6) is 0 Å². The molecule has 3 aromatic carbocycles. The number of fused-ring (bicyclic) bond motifs is 2. The number of rotatable bonds is 10. The Morgan fingerprint density at radius 3 is 2.07 bits per heavy atom. The van der Waals surface area contributed by atoms with Gasteiger partial charge < -0.3 is 11.1 Å². The number of benzene rings is 3. The largest absolute Gasteiger partial charge is 0.366 e. The molecular weight excluding hydrogens is 775 g/mol. The van der Waals surface area contributed by atoms with E-state index < -0.39 is 114 Å². The SMILES string of the molecule is NC(=O)c1cc(-c2cc(N3C(=O)c4ccccc4C3=O)cnc2C(Cc2cc(F)cc(F)c2)NC(=O)Cn2nc(C(F)F)c3c2C(F)(F)CCC3(F)F)ccc1F. The molecule has 3 heterocycles. The molecule has 57 heavy (non-hydrogen) atoms. The van der Waals surface area contributed by atoms with Gasteiger partial charge in [-0.1, -0.05) is 18.2 Å². The van der Waals surface area contributed by atoms with Crippen LogP contribution in [0.2, 0.25) is 0 Å². The van der Waals surface area contributed by atoms with Crippen molar-refractivity contribution in [2.45, 2.75) is 50.1 Å². The van der Waals surface area contributed by atoms with E-state index in [4.69, 9.17) is 5.73 Å². The highest BCUT2D eigenvalue weighted by molar-refractivity contribution is 6.34. The molecule has 0 fully saturated rings. The van der Waals surface area contributed by atoms with E-state index in [0.29, 0.717) is 6.07 Å². The maximum Gasteiger partial charge on any atom is 0.290 e. The quantitative estimate of drug-likeness (QED) is 0.113. The first kappa shape index (κ1) is 38.7. The number of hydrogen-bond donors (Lipinski definition) is 2. The number of alkyl halides is 6. The van der Waals surface area contributed by atoms with Crippen molar-refractivity contribution in [2.75, 3.05) is 4.90 Å². The van der Waals surface area contributed by atoms with E-state index in [0.717, 1.165) is 41.4 Å². The van der Waals surface area contributed by atoms with E-state index in [1.54, 1.807) is 0 Å². The Morgan fingerprint density at radius 2 is 1.46 bits per heavy atom. The minimum Gasteiger partial charge on any atom is -0.366 e. The molecule has 1 unspecified atom stereocenters. The molecule has 1 aliphatic heterocycles. The third kappa shape index (κ3) is 7.08. The Hall–Kier alpha value is -6.53. The lowest BCUT2D eigenvalue weighted by Gasteiger charge is -2.29. The molecule has 0 radical (unpaired) electrons. The first-order valence-corrected chi connectivity index (χ1v) is 16.8. The zero-order valence-electron chi connectivity index (χ0n) is 28.8. The number of primary amides is 1. The summed E-state index contributed by atoms with van der Waals surface area (Å²) >= 11 is 0. The second-order valence-corrected chi connectivity index (χ2v) is 13.3. The molecule has 0 spiro atoms. The van der Waals surface area contributed by atoms with Crippen molar-refractivity contribution < 1.29 is 58.7 Å². The van der Waals surface area contributed by atoms with E-state index in [9.17, 15) is 49.9 Å². The fourth-order valence-electron chi connectivity index (χ4n) is 6.99. The molecule has 1 atom stereocenters. The molecule has 19 heteroatoms. The molecule has 4 amide bonds. The number of carbonyl (C=O) groups is 4. The highest BCUT2D eigenvalue weighted by Crippen LogP contribution is 2.52. The van der Waals surface area contributed by atoms with Crippen molar-refractivity contribution in [1.29, 1.82) is 0 Å². The third-order valence-electron chi connectivity index (χ3n) is 9.47. The number of amides is 4. The summed E-state index contributed by atoms with van der Waals surface area (Å²) in [6, 6.07) is 10.7. The number of carbonyl (C=O) groups excluding carboxylic acids is 4. The van der Waals surface area contributed by atoms with Gasteiger partial charge in [0.1, 0.15) is 35.4 Å². The predicted octanol–water partition coefficient (Wildman–Crippen LogP) is 7.28. The molecule has 294 valence electrons. The molecule has 5 aromatic rings. The van der Waals surface area contributed by atoms with Crippen molar-refractivity contribution in [2.24, 2.45) is 5.73 Å². The molecular formula is C38H25F9N6O4. The second kappa shape index (κ2) is 14.2. The molecule has 2 aliphatic rings. The lowest BCUT2D eigenvalue weighted by atomic mass is 9.89. The van der Waals surface area contributed by atoms with E-state index in [-0.39, 0.29) is 43.9 Å². The van der Waals surface area contributed by atoms with Gasteiger partial charge >= 0.3 is 0 Å². The molecule has 0 saturated heterocycles. The van der Waals surface area contributed by atoms with E-state index >= 15 is 8.78 Å². The summed E-state index contributed by atoms with van der Waals surface area (Å²) in [6.45, 7) is -1.33. The number of nitrogens with two attached hydrogens (primary N) is 1. The summed E-state index contributed by atoms with van der Waals surface area (Å²) in [5, 5.41) is 5.68. The van der Waals surface area contributed by atoms with Gasteiger partial charge in [0.2, 0.25) is 5.91 Å². The van der Waals surface area contributed by atoms with Crippen LogP contribution < -0.4 is 16.0 Å². The Bertz CT molecular complexity index is 2450. The summed E-state index contributed by atoms with van der Waals surface area (Å²) in [5.74, 6) is -15.5. The summed E-state index contributed by atoms with van der Waals surface area (Å²) in [6.07, 6.45) is -6.18. The monoisotopic (exact) mass is 800 g/mol. The van der Waals surface area contributed by atoms with Crippen molar-refractivity contribution >= 4 is 29.3 Å². The Labute approximate surface area is 315 Å². The van der Waals surface area contributed by atoms with Gasteiger partial charge in [-0.25, -0.2) is 35.6 Å². The standard InChI is InChI=1S/C38H25F9N6O4/c39-19-9-17(10-20(40)13-19)11-27(50-28(54)16-52-32-29(31(51-52)33(42)43)37(44,45)7-8-38(32,46)47)30-24(18-5-6-26(41)25(12-18)34(48)55)14-21(15-49-30)53-35(56)22-3-1-2-4-23(22)36(53)57/h1-6,9-10,12-15,27,33H,7-8,11,16H2,(H2,48,55)(H,50,54). The Balaban J connectivity index is 1.36. The minimum atomic E-state index is -4.14. The third-order valence-corrected chi connectivity index (χ3v) is 9.47. The second-order valence-electron chi connectivity index (χ2n) is 13.3. The van der Waals surface area contributed by atoms with Crippen LogP contribution in [0.15, 0.2) is 72.9 Å². The molecule has 1 aliphatic carbocycles. The highest BCUT2D eigenvalue weighted by atomic mass is 19.3. The van der Waals surface area contributed by atoms with E-state index in [2.05, 4.69) is 15.4 Å². The molecule has 3 N–H and O–H groups in total. The highest BCUT2D eigenvalue weighted by Gasteiger charge is 2.55. The number of halogens is 9. The molecule has 0 bridgehead atoms. The average molecular weight is 801 g/mol. The maximum atomic E-state index is 15.1. The summed E-state index contributed by atoms with van der Waals surface area (Å²) in [4.78, 5) is 57.8.